The third-order valence-corrected chi connectivity index (χ3v) is 5.85. The zero-order valence-electron chi connectivity index (χ0n) is 16.7. The van der Waals surface area contributed by atoms with Gasteiger partial charge in [0, 0.05) is 41.8 Å². The second-order valence-electron chi connectivity index (χ2n) is 7.00. The number of ether oxygens (including phenoxy) is 1. The molecule has 0 aliphatic heterocycles. The summed E-state index contributed by atoms with van der Waals surface area (Å²) in [6, 6.07) is 18.2. The van der Waals surface area contributed by atoms with E-state index in [0.717, 1.165) is 27.7 Å². The van der Waals surface area contributed by atoms with Crippen molar-refractivity contribution in [2.45, 2.75) is 18.4 Å². The molecule has 0 aliphatic carbocycles. The highest BCUT2D eigenvalue weighted by Crippen LogP contribution is 2.28. The predicted molar refractivity (Wildman–Crippen MR) is 118 cm³/mol. The Morgan fingerprint density at radius 1 is 0.967 bits per heavy atom. The standard InChI is InChI=1S/C23H21N3O3S/c1-16-6-3-10-20-21(11-13-24-22(16)20)26-15-17-7-5-12-25-23(17)29-18-8-4-9-19(14-18)30(2,27)28/h3-14H,15H2,1-2H3,(H,24,26). The van der Waals surface area contributed by atoms with E-state index in [1.807, 2.05) is 43.3 Å². The summed E-state index contributed by atoms with van der Waals surface area (Å²) in [5.41, 5.74) is 3.90. The number of anilines is 1. The Hall–Kier alpha value is -3.45. The van der Waals surface area contributed by atoms with Crippen LogP contribution in [0.1, 0.15) is 11.1 Å². The number of rotatable bonds is 6. The van der Waals surface area contributed by atoms with Gasteiger partial charge < -0.3 is 10.1 Å². The quantitative estimate of drug-likeness (QED) is 0.486. The van der Waals surface area contributed by atoms with Crippen molar-refractivity contribution >= 4 is 26.4 Å². The third kappa shape index (κ3) is 4.26. The molecule has 4 aromatic rings. The van der Waals surface area contributed by atoms with E-state index in [1.54, 1.807) is 30.6 Å². The first-order chi connectivity index (χ1) is 14.4. The summed E-state index contributed by atoms with van der Waals surface area (Å²) >= 11 is 0. The van der Waals surface area contributed by atoms with E-state index < -0.39 is 9.84 Å². The summed E-state index contributed by atoms with van der Waals surface area (Å²) in [4.78, 5) is 9.01. The topological polar surface area (TPSA) is 81.2 Å². The smallest absolute Gasteiger partial charge is 0.224 e. The molecule has 0 fully saturated rings. The molecular weight excluding hydrogens is 398 g/mol. The van der Waals surface area contributed by atoms with Gasteiger partial charge in [-0.3, -0.25) is 4.98 Å². The van der Waals surface area contributed by atoms with Crippen molar-refractivity contribution in [3.8, 4) is 11.6 Å². The highest BCUT2D eigenvalue weighted by molar-refractivity contribution is 7.90. The minimum atomic E-state index is -3.32. The molecule has 0 amide bonds. The number of sulfone groups is 1. The fourth-order valence-corrected chi connectivity index (χ4v) is 3.85. The lowest BCUT2D eigenvalue weighted by Crippen LogP contribution is -2.04. The first kappa shape index (κ1) is 19.8. The molecule has 0 saturated heterocycles. The van der Waals surface area contributed by atoms with Gasteiger partial charge in [-0.05, 0) is 42.8 Å². The van der Waals surface area contributed by atoms with Gasteiger partial charge in [-0.25, -0.2) is 13.4 Å². The second-order valence-corrected chi connectivity index (χ2v) is 9.02. The number of aromatic nitrogens is 2. The molecule has 0 radical (unpaired) electrons. The number of pyridine rings is 2. The molecule has 0 unspecified atom stereocenters. The summed E-state index contributed by atoms with van der Waals surface area (Å²) in [5, 5.41) is 4.48. The molecule has 2 heterocycles. The Labute approximate surface area is 175 Å². The van der Waals surface area contributed by atoms with Crippen molar-refractivity contribution in [2.24, 2.45) is 0 Å². The second kappa shape index (κ2) is 8.12. The lowest BCUT2D eigenvalue weighted by Gasteiger charge is -2.13. The van der Waals surface area contributed by atoms with E-state index >= 15 is 0 Å². The Bertz CT molecular complexity index is 1320. The lowest BCUT2D eigenvalue weighted by atomic mass is 10.1. The first-order valence-corrected chi connectivity index (χ1v) is 11.3. The summed E-state index contributed by atoms with van der Waals surface area (Å²) < 4.78 is 29.5. The molecular formula is C23H21N3O3S. The van der Waals surface area contributed by atoms with Crippen LogP contribution in [0.15, 0.2) is 78.0 Å². The molecule has 0 atom stereocenters. The van der Waals surface area contributed by atoms with Crippen LogP contribution in [0.25, 0.3) is 10.9 Å². The number of hydrogen-bond acceptors (Lipinski definition) is 6. The van der Waals surface area contributed by atoms with E-state index in [2.05, 4.69) is 15.3 Å². The average molecular weight is 420 g/mol. The number of para-hydroxylation sites is 1. The highest BCUT2D eigenvalue weighted by atomic mass is 32.2. The minimum absolute atomic E-state index is 0.203. The van der Waals surface area contributed by atoms with E-state index in [9.17, 15) is 8.42 Å². The minimum Gasteiger partial charge on any atom is -0.439 e. The van der Waals surface area contributed by atoms with E-state index in [-0.39, 0.29) is 4.90 Å². The van der Waals surface area contributed by atoms with E-state index in [1.165, 1.54) is 12.3 Å². The van der Waals surface area contributed by atoms with Gasteiger partial charge in [0.25, 0.3) is 0 Å². The Kier molecular flexibility index (Phi) is 5.37. The van der Waals surface area contributed by atoms with Gasteiger partial charge in [0.2, 0.25) is 5.88 Å². The number of aryl methyl sites for hydroxylation is 1. The average Bonchev–Trinajstić information content (AvgIpc) is 2.73. The zero-order chi connectivity index (χ0) is 21.1. The van der Waals surface area contributed by atoms with E-state index in [4.69, 9.17) is 4.74 Å². The number of hydrogen-bond donors (Lipinski definition) is 1. The normalized spacial score (nSPS) is 11.4. The molecule has 2 aromatic heterocycles. The molecule has 4 rings (SSSR count). The Balaban J connectivity index is 1.59. The SMILES string of the molecule is Cc1cccc2c(NCc3cccnc3Oc3cccc(S(C)(=O)=O)c3)ccnc12. The van der Waals surface area contributed by atoms with Crippen molar-refractivity contribution in [1.82, 2.24) is 9.97 Å². The molecule has 152 valence electrons. The molecule has 0 bridgehead atoms. The van der Waals surface area contributed by atoms with Crippen molar-refractivity contribution < 1.29 is 13.2 Å². The Morgan fingerprint density at radius 2 is 1.80 bits per heavy atom. The van der Waals surface area contributed by atoms with Gasteiger partial charge in [0.05, 0.1) is 10.4 Å². The van der Waals surface area contributed by atoms with Gasteiger partial charge in [-0.1, -0.05) is 30.3 Å². The molecule has 7 heteroatoms. The predicted octanol–water partition coefficient (Wildman–Crippen LogP) is 4.75. The van der Waals surface area contributed by atoms with Crippen molar-refractivity contribution in [3.05, 3.63) is 84.2 Å². The zero-order valence-corrected chi connectivity index (χ0v) is 17.5. The molecule has 6 nitrogen and oxygen atoms in total. The maximum atomic E-state index is 11.8. The molecule has 0 aliphatic rings. The maximum Gasteiger partial charge on any atom is 0.224 e. The number of nitrogens with one attached hydrogen (secondary N) is 1. The fraction of sp³-hybridized carbons (Fsp3) is 0.130. The molecule has 2 aromatic carbocycles. The Morgan fingerprint density at radius 3 is 2.63 bits per heavy atom. The van der Waals surface area contributed by atoms with Crippen LogP contribution in [0.3, 0.4) is 0 Å². The fourth-order valence-electron chi connectivity index (χ4n) is 3.20. The molecule has 0 saturated carbocycles. The van der Waals surface area contributed by atoms with Crippen molar-refractivity contribution in [2.75, 3.05) is 11.6 Å². The lowest BCUT2D eigenvalue weighted by molar-refractivity contribution is 0.455. The van der Waals surface area contributed by atoms with Gasteiger partial charge >= 0.3 is 0 Å². The van der Waals surface area contributed by atoms with Crippen LogP contribution in [0, 0.1) is 6.92 Å². The van der Waals surface area contributed by atoms with Crippen LogP contribution in [0.2, 0.25) is 0 Å². The molecule has 30 heavy (non-hydrogen) atoms. The summed E-state index contributed by atoms with van der Waals surface area (Å²) in [6.07, 6.45) is 4.60. The van der Waals surface area contributed by atoms with Crippen LogP contribution in [-0.2, 0) is 16.4 Å². The highest BCUT2D eigenvalue weighted by Gasteiger charge is 2.11. The first-order valence-electron chi connectivity index (χ1n) is 9.42. The van der Waals surface area contributed by atoms with Gasteiger partial charge in [-0.15, -0.1) is 0 Å². The third-order valence-electron chi connectivity index (χ3n) is 4.74. The maximum absolute atomic E-state index is 11.8. The summed E-state index contributed by atoms with van der Waals surface area (Å²) in [5.74, 6) is 0.841. The van der Waals surface area contributed by atoms with Gasteiger partial charge in [-0.2, -0.15) is 0 Å². The van der Waals surface area contributed by atoms with Crippen LogP contribution in [-0.4, -0.2) is 24.6 Å². The van der Waals surface area contributed by atoms with Crippen molar-refractivity contribution in [3.63, 3.8) is 0 Å². The van der Waals surface area contributed by atoms with E-state index in [0.29, 0.717) is 18.2 Å². The summed E-state index contributed by atoms with van der Waals surface area (Å²) in [6.45, 7) is 2.53. The van der Waals surface area contributed by atoms with Crippen LogP contribution in [0.5, 0.6) is 11.6 Å². The largest absolute Gasteiger partial charge is 0.439 e. The number of nitrogens with zero attached hydrogens (tertiary/aromatic N) is 2. The van der Waals surface area contributed by atoms with Gasteiger partial charge in [0.15, 0.2) is 9.84 Å². The van der Waals surface area contributed by atoms with Gasteiger partial charge in [0.1, 0.15) is 5.75 Å². The number of benzene rings is 2. The van der Waals surface area contributed by atoms with Crippen molar-refractivity contribution in [1.29, 1.82) is 0 Å². The monoisotopic (exact) mass is 419 g/mol. The van der Waals surface area contributed by atoms with Crippen LogP contribution < -0.4 is 10.1 Å². The van der Waals surface area contributed by atoms with Crippen LogP contribution >= 0.6 is 0 Å². The van der Waals surface area contributed by atoms with Crippen LogP contribution in [0.4, 0.5) is 5.69 Å². The summed E-state index contributed by atoms with van der Waals surface area (Å²) in [7, 11) is -3.32. The molecule has 1 N–H and O–H groups in total. The number of fused-ring (bicyclic) bond motifs is 1. The molecule has 0 spiro atoms.